The molecule has 3 aliphatic carbocycles. The summed E-state index contributed by atoms with van der Waals surface area (Å²) in [4.78, 5) is 30.2. The van der Waals surface area contributed by atoms with Crippen LogP contribution < -0.4 is 16.0 Å². The molecular formula is C22H26N4O3. The van der Waals surface area contributed by atoms with Crippen molar-refractivity contribution in [2.24, 2.45) is 17.3 Å². The van der Waals surface area contributed by atoms with Crippen LogP contribution in [-0.2, 0) is 11.3 Å². The molecule has 0 saturated heterocycles. The molecule has 2 aromatic heterocycles. The van der Waals surface area contributed by atoms with Gasteiger partial charge in [-0.1, -0.05) is 6.92 Å². The third kappa shape index (κ3) is 2.91. The van der Waals surface area contributed by atoms with E-state index in [2.05, 4.69) is 27.9 Å². The number of hydrogen-bond donors (Lipinski definition) is 3. The molecule has 1 aliphatic heterocycles. The van der Waals surface area contributed by atoms with Crippen molar-refractivity contribution >= 4 is 17.6 Å². The Balaban J connectivity index is 1.35. The van der Waals surface area contributed by atoms with Crippen molar-refractivity contribution in [2.75, 3.05) is 5.32 Å². The van der Waals surface area contributed by atoms with Gasteiger partial charge in [-0.15, -0.1) is 0 Å². The molecule has 3 saturated carbocycles. The first-order valence-electron chi connectivity index (χ1n) is 10.3. The largest absolute Gasteiger partial charge is 0.465 e. The lowest BCUT2D eigenvalue weighted by atomic mass is 9.51. The number of furan rings is 1. The number of pyridine rings is 1. The number of nitrogens with one attached hydrogen (secondary N) is 3. The van der Waals surface area contributed by atoms with E-state index in [1.165, 1.54) is 0 Å². The second-order valence-corrected chi connectivity index (χ2v) is 9.03. The SMILES string of the molecule is Cc1ccc(CNC(=O)[C@@H]2C[C@H]3CC[C@@]2(C)C[C@@]32NC(=O)c3cccnc3N2)o1. The molecule has 3 heterocycles. The number of nitrogens with zero attached hydrogens (tertiary/aromatic N) is 1. The molecule has 0 radical (unpaired) electrons. The molecule has 7 heteroatoms. The van der Waals surface area contributed by atoms with Gasteiger partial charge in [-0.3, -0.25) is 9.59 Å². The molecule has 152 valence electrons. The van der Waals surface area contributed by atoms with Gasteiger partial charge in [0.25, 0.3) is 5.91 Å². The summed E-state index contributed by atoms with van der Waals surface area (Å²) in [5.74, 6) is 2.34. The van der Waals surface area contributed by atoms with E-state index in [-0.39, 0.29) is 29.1 Å². The number of carbonyl (C=O) groups is 2. The lowest BCUT2D eigenvalue weighted by Gasteiger charge is -2.60. The second-order valence-electron chi connectivity index (χ2n) is 9.03. The standard InChI is InChI=1S/C22H26N4O3/c1-13-5-6-15(29-13)11-24-20(28)17-10-14-7-8-21(17,2)12-22(14)25-18-16(19(27)26-22)4-3-9-23-18/h3-6,9,14,17H,7-8,10-12H2,1-2H3,(H,23,25)(H,24,28)(H,26,27)/t14-,17+,21+,22-/m1/s1. The third-order valence-electron chi connectivity index (χ3n) is 7.08. The molecule has 2 aromatic rings. The summed E-state index contributed by atoms with van der Waals surface area (Å²) in [7, 11) is 0. The number of rotatable bonds is 3. The fourth-order valence-corrected chi connectivity index (χ4v) is 5.60. The van der Waals surface area contributed by atoms with Crippen LogP contribution in [-0.4, -0.2) is 22.5 Å². The summed E-state index contributed by atoms with van der Waals surface area (Å²) < 4.78 is 5.56. The molecule has 0 unspecified atom stereocenters. The van der Waals surface area contributed by atoms with E-state index in [9.17, 15) is 9.59 Å². The Morgan fingerprint density at radius 3 is 2.97 bits per heavy atom. The number of aryl methyl sites for hydroxylation is 1. The first-order valence-corrected chi connectivity index (χ1v) is 10.3. The Kier molecular flexibility index (Phi) is 3.98. The predicted molar refractivity (Wildman–Crippen MR) is 107 cm³/mol. The summed E-state index contributed by atoms with van der Waals surface area (Å²) in [6, 6.07) is 7.35. The molecule has 29 heavy (non-hydrogen) atoms. The number of hydrogen-bond acceptors (Lipinski definition) is 5. The molecule has 4 aliphatic rings. The van der Waals surface area contributed by atoms with Crippen LogP contribution in [0.1, 0.15) is 54.5 Å². The Hall–Kier alpha value is -2.83. The van der Waals surface area contributed by atoms with Gasteiger partial charge in [0.15, 0.2) is 0 Å². The highest BCUT2D eigenvalue weighted by Crippen LogP contribution is 2.58. The number of anilines is 1. The fraction of sp³-hybridized carbons (Fsp3) is 0.500. The minimum Gasteiger partial charge on any atom is -0.465 e. The van der Waals surface area contributed by atoms with Crippen LogP contribution in [0.3, 0.4) is 0 Å². The fourth-order valence-electron chi connectivity index (χ4n) is 5.60. The Bertz CT molecular complexity index is 986. The molecule has 2 amide bonds. The van der Waals surface area contributed by atoms with Gasteiger partial charge in [-0.2, -0.15) is 0 Å². The predicted octanol–water partition coefficient (Wildman–Crippen LogP) is 2.98. The number of amides is 2. The van der Waals surface area contributed by atoms with Crippen molar-refractivity contribution in [3.05, 3.63) is 47.5 Å². The lowest BCUT2D eigenvalue weighted by Crippen LogP contribution is -2.70. The monoisotopic (exact) mass is 394 g/mol. The molecule has 3 fully saturated rings. The lowest BCUT2D eigenvalue weighted by molar-refractivity contribution is -0.139. The first kappa shape index (κ1) is 18.2. The highest BCUT2D eigenvalue weighted by molar-refractivity contribution is 6.01. The van der Waals surface area contributed by atoms with E-state index in [4.69, 9.17) is 4.42 Å². The van der Waals surface area contributed by atoms with Crippen LogP contribution >= 0.6 is 0 Å². The quantitative estimate of drug-likeness (QED) is 0.744. The zero-order valence-electron chi connectivity index (χ0n) is 16.7. The topological polar surface area (TPSA) is 96.3 Å². The van der Waals surface area contributed by atoms with Crippen LogP contribution in [0.2, 0.25) is 0 Å². The molecule has 1 spiro atoms. The van der Waals surface area contributed by atoms with Crippen molar-refractivity contribution in [2.45, 2.75) is 51.7 Å². The van der Waals surface area contributed by atoms with E-state index in [0.29, 0.717) is 24.3 Å². The van der Waals surface area contributed by atoms with Crippen molar-refractivity contribution in [3.63, 3.8) is 0 Å². The van der Waals surface area contributed by atoms with Gasteiger partial charge >= 0.3 is 0 Å². The summed E-state index contributed by atoms with van der Waals surface area (Å²) in [6.45, 7) is 4.47. The maximum Gasteiger partial charge on any atom is 0.256 e. The minimum absolute atomic E-state index is 0.0711. The summed E-state index contributed by atoms with van der Waals surface area (Å²) in [6.07, 6.45) is 5.12. The van der Waals surface area contributed by atoms with E-state index >= 15 is 0 Å². The van der Waals surface area contributed by atoms with Gasteiger partial charge in [0, 0.05) is 18.0 Å². The van der Waals surface area contributed by atoms with E-state index in [1.54, 1.807) is 18.3 Å². The van der Waals surface area contributed by atoms with Crippen molar-refractivity contribution in [1.82, 2.24) is 15.6 Å². The average molecular weight is 394 g/mol. The highest BCUT2D eigenvalue weighted by Gasteiger charge is 2.60. The summed E-state index contributed by atoms with van der Waals surface area (Å²) >= 11 is 0. The normalized spacial score (nSPS) is 32.4. The number of fused-ring (bicyclic) bond motifs is 3. The molecule has 6 rings (SSSR count). The van der Waals surface area contributed by atoms with Gasteiger partial charge in [0.05, 0.1) is 12.1 Å². The molecule has 0 aromatic carbocycles. The Morgan fingerprint density at radius 1 is 1.34 bits per heavy atom. The molecular weight excluding hydrogens is 368 g/mol. The van der Waals surface area contributed by atoms with E-state index < -0.39 is 5.66 Å². The van der Waals surface area contributed by atoms with Crippen LogP contribution in [0.15, 0.2) is 34.9 Å². The third-order valence-corrected chi connectivity index (χ3v) is 7.08. The van der Waals surface area contributed by atoms with Crippen LogP contribution in [0.25, 0.3) is 0 Å². The van der Waals surface area contributed by atoms with E-state index in [0.717, 1.165) is 30.8 Å². The van der Waals surface area contributed by atoms with E-state index in [1.807, 2.05) is 19.1 Å². The Morgan fingerprint density at radius 2 is 2.21 bits per heavy atom. The van der Waals surface area contributed by atoms with Crippen molar-refractivity contribution in [1.29, 1.82) is 0 Å². The zero-order chi connectivity index (χ0) is 20.2. The smallest absolute Gasteiger partial charge is 0.256 e. The number of carbonyl (C=O) groups excluding carboxylic acids is 2. The highest BCUT2D eigenvalue weighted by atomic mass is 16.3. The van der Waals surface area contributed by atoms with Gasteiger partial charge < -0.3 is 20.4 Å². The molecule has 3 N–H and O–H groups in total. The zero-order valence-corrected chi connectivity index (χ0v) is 16.7. The average Bonchev–Trinajstić information content (AvgIpc) is 3.11. The second kappa shape index (κ2) is 6.34. The van der Waals surface area contributed by atoms with Crippen LogP contribution in [0, 0.1) is 24.2 Å². The molecule has 4 atom stereocenters. The Labute approximate surface area is 169 Å². The summed E-state index contributed by atoms with van der Waals surface area (Å²) in [5, 5.41) is 9.81. The first-order chi connectivity index (χ1) is 13.9. The van der Waals surface area contributed by atoms with Crippen molar-refractivity contribution in [3.8, 4) is 0 Å². The minimum atomic E-state index is -0.527. The molecule has 7 nitrogen and oxygen atoms in total. The maximum atomic E-state index is 13.0. The van der Waals surface area contributed by atoms with Gasteiger partial charge in [-0.05, 0) is 62.3 Å². The van der Waals surface area contributed by atoms with Gasteiger partial charge in [-0.25, -0.2) is 4.98 Å². The number of aromatic nitrogens is 1. The maximum absolute atomic E-state index is 13.0. The van der Waals surface area contributed by atoms with Gasteiger partial charge in [0.2, 0.25) is 5.91 Å². The van der Waals surface area contributed by atoms with Gasteiger partial charge in [0.1, 0.15) is 23.0 Å². The van der Waals surface area contributed by atoms with Crippen LogP contribution in [0.5, 0.6) is 0 Å². The molecule has 2 bridgehead atoms. The van der Waals surface area contributed by atoms with Crippen LogP contribution in [0.4, 0.5) is 5.82 Å². The van der Waals surface area contributed by atoms with Crippen molar-refractivity contribution < 1.29 is 14.0 Å². The summed E-state index contributed by atoms with van der Waals surface area (Å²) in [5.41, 5.74) is -0.141.